The Bertz CT molecular complexity index is 960. The van der Waals surface area contributed by atoms with Crippen LogP contribution in [0.5, 0.6) is 11.5 Å². The lowest BCUT2D eigenvalue weighted by atomic mass is 9.98. The summed E-state index contributed by atoms with van der Waals surface area (Å²) in [6.07, 6.45) is 0.148. The summed E-state index contributed by atoms with van der Waals surface area (Å²) in [5, 5.41) is 14.9. The monoisotopic (exact) mass is 460 g/mol. The van der Waals surface area contributed by atoms with Gasteiger partial charge < -0.3 is 14.6 Å². The molecule has 0 bridgehead atoms. The molecule has 1 heterocycles. The van der Waals surface area contributed by atoms with Crippen LogP contribution in [0.25, 0.3) is 0 Å². The standard InChI is InChI=1S/C21H21BrN2O5/c1-28-18-7-6-14(11-19(18)29-2)17-12-16(13-4-3-5-15(22)10-13)23-24(17)20(25)8-9-21(26)27/h3-7,10-11,17H,8-9,12H2,1-2H3,(H,26,27). The first-order valence-corrected chi connectivity index (χ1v) is 9.81. The van der Waals surface area contributed by atoms with Gasteiger partial charge in [-0.3, -0.25) is 9.59 Å². The van der Waals surface area contributed by atoms with Crippen LogP contribution in [0.15, 0.2) is 52.0 Å². The van der Waals surface area contributed by atoms with Crippen molar-refractivity contribution in [3.8, 4) is 11.5 Å². The number of halogens is 1. The summed E-state index contributed by atoms with van der Waals surface area (Å²) in [6.45, 7) is 0. The van der Waals surface area contributed by atoms with Gasteiger partial charge in [-0.05, 0) is 35.4 Å². The number of carboxylic acid groups (broad SMARTS) is 1. The summed E-state index contributed by atoms with van der Waals surface area (Å²) in [5.74, 6) is -0.210. The predicted molar refractivity (Wildman–Crippen MR) is 111 cm³/mol. The number of nitrogens with zero attached hydrogens (tertiary/aromatic N) is 2. The average Bonchev–Trinajstić information content (AvgIpc) is 3.17. The molecule has 1 unspecified atom stereocenters. The van der Waals surface area contributed by atoms with E-state index in [2.05, 4.69) is 21.0 Å². The highest BCUT2D eigenvalue weighted by atomic mass is 79.9. The number of hydrogen-bond donors (Lipinski definition) is 1. The molecule has 0 saturated heterocycles. The van der Waals surface area contributed by atoms with Gasteiger partial charge in [-0.15, -0.1) is 0 Å². The first-order valence-electron chi connectivity index (χ1n) is 9.02. The third-order valence-electron chi connectivity index (χ3n) is 4.67. The highest BCUT2D eigenvalue weighted by Crippen LogP contribution is 2.37. The predicted octanol–water partition coefficient (Wildman–Crippen LogP) is 4.01. The molecule has 1 N–H and O–H groups in total. The highest BCUT2D eigenvalue weighted by Gasteiger charge is 2.33. The quantitative estimate of drug-likeness (QED) is 0.673. The van der Waals surface area contributed by atoms with Crippen LogP contribution in [0, 0.1) is 0 Å². The summed E-state index contributed by atoms with van der Waals surface area (Å²) >= 11 is 3.46. The Labute approximate surface area is 177 Å². The Kier molecular flexibility index (Phi) is 6.53. The maximum absolute atomic E-state index is 12.7. The molecule has 2 aromatic rings. The molecule has 0 aromatic heterocycles. The van der Waals surface area contributed by atoms with Gasteiger partial charge in [0.2, 0.25) is 5.91 Å². The number of hydrogen-bond acceptors (Lipinski definition) is 5. The summed E-state index contributed by atoms with van der Waals surface area (Å²) in [6, 6.07) is 12.8. The van der Waals surface area contributed by atoms with Crippen LogP contribution in [0.3, 0.4) is 0 Å². The number of amides is 1. The van der Waals surface area contributed by atoms with E-state index in [-0.39, 0.29) is 24.8 Å². The lowest BCUT2D eigenvalue weighted by Gasteiger charge is -2.22. The Morgan fingerprint density at radius 1 is 1.14 bits per heavy atom. The van der Waals surface area contributed by atoms with Gasteiger partial charge >= 0.3 is 5.97 Å². The van der Waals surface area contributed by atoms with E-state index < -0.39 is 5.97 Å². The maximum Gasteiger partial charge on any atom is 0.303 e. The zero-order valence-electron chi connectivity index (χ0n) is 16.1. The number of hydrazone groups is 1. The first kappa shape index (κ1) is 20.9. The number of carboxylic acids is 1. The molecule has 0 saturated carbocycles. The molecule has 0 fully saturated rings. The molecule has 0 spiro atoms. The van der Waals surface area contributed by atoms with E-state index in [1.807, 2.05) is 36.4 Å². The second kappa shape index (κ2) is 9.09. The minimum absolute atomic E-state index is 0.117. The number of carbonyl (C=O) groups is 2. The molecule has 1 amide bonds. The Hall–Kier alpha value is -2.87. The molecule has 1 aliphatic rings. The van der Waals surface area contributed by atoms with Crippen molar-refractivity contribution in [3.05, 3.63) is 58.1 Å². The Balaban J connectivity index is 1.96. The van der Waals surface area contributed by atoms with E-state index in [0.717, 1.165) is 21.3 Å². The highest BCUT2D eigenvalue weighted by molar-refractivity contribution is 9.10. The van der Waals surface area contributed by atoms with Crippen molar-refractivity contribution in [2.75, 3.05) is 14.2 Å². The maximum atomic E-state index is 12.7. The van der Waals surface area contributed by atoms with Crippen LogP contribution in [0.2, 0.25) is 0 Å². The number of aliphatic carboxylic acids is 1. The third kappa shape index (κ3) is 4.76. The fraction of sp³-hybridized carbons (Fsp3) is 0.286. The molecular weight excluding hydrogens is 440 g/mol. The molecular formula is C21H21BrN2O5. The van der Waals surface area contributed by atoms with Gasteiger partial charge in [0.15, 0.2) is 11.5 Å². The summed E-state index contributed by atoms with van der Waals surface area (Å²) in [4.78, 5) is 23.7. The van der Waals surface area contributed by atoms with Crippen molar-refractivity contribution in [2.24, 2.45) is 5.10 Å². The molecule has 152 valence electrons. The van der Waals surface area contributed by atoms with Crippen molar-refractivity contribution < 1.29 is 24.2 Å². The molecule has 3 rings (SSSR count). The Morgan fingerprint density at radius 3 is 2.55 bits per heavy atom. The number of carbonyl (C=O) groups excluding carboxylic acids is 1. The number of ether oxygens (including phenoxy) is 2. The number of benzene rings is 2. The van der Waals surface area contributed by atoms with Crippen LogP contribution in [0.4, 0.5) is 0 Å². The third-order valence-corrected chi connectivity index (χ3v) is 5.16. The number of methoxy groups -OCH3 is 2. The van der Waals surface area contributed by atoms with E-state index in [9.17, 15) is 9.59 Å². The lowest BCUT2D eigenvalue weighted by molar-refractivity contribution is -0.141. The van der Waals surface area contributed by atoms with Gasteiger partial charge in [0.25, 0.3) is 0 Å². The molecule has 1 aliphatic heterocycles. The molecule has 0 aliphatic carbocycles. The zero-order valence-corrected chi connectivity index (χ0v) is 17.7. The zero-order chi connectivity index (χ0) is 21.0. The van der Waals surface area contributed by atoms with Crippen LogP contribution in [0.1, 0.15) is 36.4 Å². The molecule has 7 nitrogen and oxygen atoms in total. The molecule has 8 heteroatoms. The van der Waals surface area contributed by atoms with Crippen molar-refractivity contribution in [3.63, 3.8) is 0 Å². The largest absolute Gasteiger partial charge is 0.493 e. The average molecular weight is 461 g/mol. The van der Waals surface area contributed by atoms with Crippen LogP contribution >= 0.6 is 15.9 Å². The van der Waals surface area contributed by atoms with Crippen molar-refractivity contribution >= 4 is 33.5 Å². The van der Waals surface area contributed by atoms with E-state index >= 15 is 0 Å². The first-order chi connectivity index (χ1) is 13.9. The minimum atomic E-state index is -1.02. The lowest BCUT2D eigenvalue weighted by Crippen LogP contribution is -2.27. The Morgan fingerprint density at radius 2 is 1.90 bits per heavy atom. The fourth-order valence-electron chi connectivity index (χ4n) is 3.23. The van der Waals surface area contributed by atoms with Crippen molar-refractivity contribution in [2.45, 2.75) is 25.3 Å². The SMILES string of the molecule is COc1ccc(C2CC(c3cccc(Br)c3)=NN2C(=O)CCC(=O)O)cc1OC. The summed E-state index contributed by atoms with van der Waals surface area (Å²) < 4.78 is 11.6. The van der Waals surface area contributed by atoms with Gasteiger partial charge in [-0.2, -0.15) is 5.10 Å². The van der Waals surface area contributed by atoms with E-state index in [0.29, 0.717) is 17.9 Å². The minimum Gasteiger partial charge on any atom is -0.493 e. The molecule has 2 aromatic carbocycles. The van der Waals surface area contributed by atoms with Crippen LogP contribution in [-0.4, -0.2) is 41.9 Å². The number of rotatable bonds is 7. The summed E-state index contributed by atoms with van der Waals surface area (Å²) in [5.41, 5.74) is 2.49. The van der Waals surface area contributed by atoms with Gasteiger partial charge in [-0.25, -0.2) is 5.01 Å². The fourth-order valence-corrected chi connectivity index (χ4v) is 3.63. The van der Waals surface area contributed by atoms with Crippen molar-refractivity contribution in [1.29, 1.82) is 0 Å². The molecule has 1 atom stereocenters. The van der Waals surface area contributed by atoms with Gasteiger partial charge in [0.05, 0.1) is 32.4 Å². The second-order valence-electron chi connectivity index (χ2n) is 6.52. The van der Waals surface area contributed by atoms with E-state index in [1.165, 1.54) is 5.01 Å². The van der Waals surface area contributed by atoms with Crippen LogP contribution in [-0.2, 0) is 9.59 Å². The normalized spacial score (nSPS) is 15.8. The van der Waals surface area contributed by atoms with E-state index in [1.54, 1.807) is 20.3 Å². The van der Waals surface area contributed by atoms with Crippen molar-refractivity contribution in [1.82, 2.24) is 5.01 Å². The van der Waals surface area contributed by atoms with Crippen LogP contribution < -0.4 is 9.47 Å². The van der Waals surface area contributed by atoms with Gasteiger partial charge in [-0.1, -0.05) is 34.1 Å². The summed E-state index contributed by atoms with van der Waals surface area (Å²) in [7, 11) is 3.11. The second-order valence-corrected chi connectivity index (χ2v) is 7.44. The molecule has 0 radical (unpaired) electrons. The van der Waals surface area contributed by atoms with Gasteiger partial charge in [0, 0.05) is 17.3 Å². The van der Waals surface area contributed by atoms with Gasteiger partial charge in [0.1, 0.15) is 0 Å². The smallest absolute Gasteiger partial charge is 0.303 e. The topological polar surface area (TPSA) is 88.4 Å². The molecule has 29 heavy (non-hydrogen) atoms. The van der Waals surface area contributed by atoms with E-state index in [4.69, 9.17) is 14.6 Å².